The SMILES string of the molecule is Bc1cc(F)c2c(c1)=CC(C)N=2. The molecule has 0 bridgehead atoms. The lowest BCUT2D eigenvalue weighted by Gasteiger charge is -1.91. The Morgan fingerprint density at radius 2 is 2.25 bits per heavy atom. The fourth-order valence-electron chi connectivity index (χ4n) is 1.53. The highest BCUT2D eigenvalue weighted by atomic mass is 19.1. The average Bonchev–Trinajstić information content (AvgIpc) is 2.29. The van der Waals surface area contributed by atoms with E-state index in [2.05, 4.69) is 4.99 Å². The Bertz CT molecular complexity index is 439. The van der Waals surface area contributed by atoms with Gasteiger partial charge in [0.2, 0.25) is 0 Å². The molecule has 1 unspecified atom stereocenters. The number of rotatable bonds is 0. The quantitative estimate of drug-likeness (QED) is 0.427. The van der Waals surface area contributed by atoms with Gasteiger partial charge in [-0.3, -0.25) is 4.99 Å². The van der Waals surface area contributed by atoms with E-state index >= 15 is 0 Å². The van der Waals surface area contributed by atoms with Gasteiger partial charge in [-0.05, 0) is 13.0 Å². The van der Waals surface area contributed by atoms with Crippen LogP contribution in [0.3, 0.4) is 0 Å². The summed E-state index contributed by atoms with van der Waals surface area (Å²) in [5.74, 6) is -0.203. The number of fused-ring (bicyclic) bond motifs is 1. The molecular formula is C9H9BFN. The summed E-state index contributed by atoms with van der Waals surface area (Å²) in [7, 11) is 1.89. The summed E-state index contributed by atoms with van der Waals surface area (Å²) in [5, 5.41) is 1.45. The number of benzene rings is 1. The molecule has 1 aromatic carbocycles. The maximum absolute atomic E-state index is 13.2. The maximum atomic E-state index is 13.2. The molecule has 0 saturated heterocycles. The van der Waals surface area contributed by atoms with Gasteiger partial charge in [0, 0.05) is 5.22 Å². The molecule has 1 aliphatic rings. The summed E-state index contributed by atoms with van der Waals surface area (Å²) >= 11 is 0. The van der Waals surface area contributed by atoms with Gasteiger partial charge >= 0.3 is 0 Å². The van der Waals surface area contributed by atoms with Gasteiger partial charge in [-0.1, -0.05) is 17.6 Å². The Kier molecular flexibility index (Phi) is 1.53. The van der Waals surface area contributed by atoms with Crippen LogP contribution >= 0.6 is 0 Å². The zero-order valence-corrected chi connectivity index (χ0v) is 7.13. The Morgan fingerprint density at radius 3 is 3.00 bits per heavy atom. The second-order valence-corrected chi connectivity index (χ2v) is 3.22. The minimum absolute atomic E-state index is 0.122. The normalized spacial score (nSPS) is 19.7. The first kappa shape index (κ1) is 7.53. The number of hydrogen-bond acceptors (Lipinski definition) is 1. The van der Waals surface area contributed by atoms with Gasteiger partial charge in [0.15, 0.2) is 0 Å². The van der Waals surface area contributed by atoms with Crippen LogP contribution in [0, 0.1) is 5.82 Å². The first-order valence-electron chi connectivity index (χ1n) is 4.02. The monoisotopic (exact) mass is 161 g/mol. The first-order valence-corrected chi connectivity index (χ1v) is 4.02. The van der Waals surface area contributed by atoms with Crippen molar-refractivity contribution >= 4 is 19.4 Å². The lowest BCUT2D eigenvalue weighted by Crippen LogP contribution is -2.30. The second kappa shape index (κ2) is 2.44. The largest absolute Gasteiger partial charge is 0.274 e. The third-order valence-corrected chi connectivity index (χ3v) is 1.99. The van der Waals surface area contributed by atoms with Crippen LogP contribution in [0.15, 0.2) is 17.1 Å². The molecule has 1 atom stereocenters. The third kappa shape index (κ3) is 1.05. The Balaban J connectivity index is 2.86. The average molecular weight is 161 g/mol. The lowest BCUT2D eigenvalue weighted by atomic mass is 9.95. The summed E-state index contributed by atoms with van der Waals surface area (Å²) < 4.78 is 13.2. The zero-order valence-electron chi connectivity index (χ0n) is 7.13. The highest BCUT2D eigenvalue weighted by Gasteiger charge is 2.06. The molecule has 1 heterocycles. The summed E-state index contributed by atoms with van der Waals surface area (Å²) in [6.45, 7) is 1.95. The van der Waals surface area contributed by atoms with E-state index in [0.29, 0.717) is 5.36 Å². The van der Waals surface area contributed by atoms with Crippen molar-refractivity contribution in [2.45, 2.75) is 13.0 Å². The molecule has 0 radical (unpaired) electrons. The fraction of sp³-hybridized carbons (Fsp3) is 0.222. The molecule has 2 rings (SSSR count). The molecule has 0 aromatic heterocycles. The van der Waals surface area contributed by atoms with Crippen LogP contribution in [0.4, 0.5) is 4.39 Å². The standard InChI is InChI=1S/C9H9BFN/c1-5-2-6-3-7(10)4-8(11)9(6)12-5/h2-5H,10H2,1H3. The molecule has 3 heteroatoms. The van der Waals surface area contributed by atoms with Crippen molar-refractivity contribution in [1.29, 1.82) is 0 Å². The van der Waals surface area contributed by atoms with E-state index in [0.717, 1.165) is 10.7 Å². The Labute approximate surface area is 71.0 Å². The van der Waals surface area contributed by atoms with Crippen LogP contribution in [0.5, 0.6) is 0 Å². The molecule has 1 nitrogen and oxygen atoms in total. The minimum Gasteiger partial charge on any atom is -0.274 e. The molecule has 0 aliphatic carbocycles. The molecule has 12 heavy (non-hydrogen) atoms. The van der Waals surface area contributed by atoms with Crippen molar-refractivity contribution in [2.24, 2.45) is 4.99 Å². The lowest BCUT2D eigenvalue weighted by molar-refractivity contribution is 0.610. The Hall–Kier alpha value is -1.12. The van der Waals surface area contributed by atoms with Crippen LogP contribution in [0.2, 0.25) is 0 Å². The molecule has 0 saturated carbocycles. The van der Waals surface area contributed by atoms with Gasteiger partial charge < -0.3 is 0 Å². The van der Waals surface area contributed by atoms with Crippen molar-refractivity contribution in [3.05, 3.63) is 28.5 Å². The van der Waals surface area contributed by atoms with Crippen molar-refractivity contribution in [3.63, 3.8) is 0 Å². The van der Waals surface area contributed by atoms with Crippen molar-refractivity contribution in [3.8, 4) is 0 Å². The number of nitrogens with zero attached hydrogens (tertiary/aromatic N) is 1. The van der Waals surface area contributed by atoms with Crippen LogP contribution < -0.4 is 16.0 Å². The first-order chi connectivity index (χ1) is 5.66. The smallest absolute Gasteiger partial charge is 0.148 e. The van der Waals surface area contributed by atoms with Gasteiger partial charge in [0.05, 0.1) is 6.04 Å². The number of hydrogen-bond donors (Lipinski definition) is 0. The fourth-order valence-corrected chi connectivity index (χ4v) is 1.53. The maximum Gasteiger partial charge on any atom is 0.148 e. The predicted molar refractivity (Wildman–Crippen MR) is 49.3 cm³/mol. The summed E-state index contributed by atoms with van der Waals surface area (Å²) in [6, 6.07) is 3.61. The van der Waals surface area contributed by atoms with Crippen LogP contribution in [0.1, 0.15) is 6.92 Å². The molecule has 0 fully saturated rings. The van der Waals surface area contributed by atoms with Crippen molar-refractivity contribution in [2.75, 3.05) is 0 Å². The molecule has 0 N–H and O–H groups in total. The minimum atomic E-state index is -0.203. The van der Waals surface area contributed by atoms with Gasteiger partial charge in [-0.25, -0.2) is 4.39 Å². The van der Waals surface area contributed by atoms with E-state index in [1.165, 1.54) is 6.07 Å². The molecule has 0 spiro atoms. The van der Waals surface area contributed by atoms with Crippen molar-refractivity contribution in [1.82, 2.24) is 0 Å². The van der Waals surface area contributed by atoms with E-state index in [1.807, 2.05) is 26.9 Å². The highest BCUT2D eigenvalue weighted by Crippen LogP contribution is 1.94. The van der Waals surface area contributed by atoms with Gasteiger partial charge in [-0.2, -0.15) is 0 Å². The second-order valence-electron chi connectivity index (χ2n) is 3.22. The van der Waals surface area contributed by atoms with E-state index in [4.69, 9.17) is 0 Å². The van der Waals surface area contributed by atoms with Crippen LogP contribution in [0.25, 0.3) is 6.08 Å². The van der Waals surface area contributed by atoms with E-state index in [-0.39, 0.29) is 11.9 Å². The third-order valence-electron chi connectivity index (χ3n) is 1.99. The number of halogens is 1. The molecule has 0 amide bonds. The topological polar surface area (TPSA) is 12.4 Å². The molecule has 1 aliphatic heterocycles. The molecule has 60 valence electrons. The summed E-state index contributed by atoms with van der Waals surface area (Å²) in [6.07, 6.45) is 1.98. The summed E-state index contributed by atoms with van der Waals surface area (Å²) in [4.78, 5) is 4.16. The van der Waals surface area contributed by atoms with E-state index in [1.54, 1.807) is 0 Å². The van der Waals surface area contributed by atoms with Gasteiger partial charge in [0.1, 0.15) is 19.0 Å². The Morgan fingerprint density at radius 1 is 1.50 bits per heavy atom. The van der Waals surface area contributed by atoms with Crippen LogP contribution in [-0.2, 0) is 0 Å². The predicted octanol–water partition coefficient (Wildman–Crippen LogP) is -1.11. The zero-order chi connectivity index (χ0) is 8.72. The molecule has 1 aromatic rings. The van der Waals surface area contributed by atoms with Crippen LogP contribution in [-0.4, -0.2) is 13.9 Å². The summed E-state index contributed by atoms with van der Waals surface area (Å²) in [5.41, 5.74) is 0.951. The highest BCUT2D eigenvalue weighted by molar-refractivity contribution is 6.32. The van der Waals surface area contributed by atoms with Gasteiger partial charge in [0.25, 0.3) is 0 Å². The van der Waals surface area contributed by atoms with E-state index < -0.39 is 0 Å². The molecular weight excluding hydrogens is 152 g/mol. The van der Waals surface area contributed by atoms with E-state index in [9.17, 15) is 4.39 Å². The van der Waals surface area contributed by atoms with Crippen molar-refractivity contribution < 1.29 is 4.39 Å². The van der Waals surface area contributed by atoms with Gasteiger partial charge in [-0.15, -0.1) is 0 Å².